The Balaban J connectivity index is 1.96. The van der Waals surface area contributed by atoms with E-state index < -0.39 is 0 Å². The van der Waals surface area contributed by atoms with Gasteiger partial charge in [0.25, 0.3) is 0 Å². The molecule has 0 bridgehead atoms. The largest absolute Gasteiger partial charge is 0.469 e. The molecule has 0 radical (unpaired) electrons. The first kappa shape index (κ1) is 17.5. The van der Waals surface area contributed by atoms with Crippen LogP contribution in [0.15, 0.2) is 11.4 Å². The van der Waals surface area contributed by atoms with Gasteiger partial charge in [0.05, 0.1) is 12.8 Å². The van der Waals surface area contributed by atoms with Crippen molar-refractivity contribution in [3.63, 3.8) is 0 Å². The topological polar surface area (TPSA) is 56.2 Å². The molecule has 0 saturated carbocycles. The number of carbonyl (C=O) groups is 1. The van der Waals surface area contributed by atoms with Crippen molar-refractivity contribution in [2.45, 2.75) is 46.1 Å². The number of unbranched alkanes of at least 4 members (excludes halogenated alkanes) is 2. The second kappa shape index (κ2) is 8.15. The maximum absolute atomic E-state index is 11.1. The van der Waals surface area contributed by atoms with Crippen molar-refractivity contribution in [2.24, 2.45) is 0 Å². The van der Waals surface area contributed by atoms with E-state index in [0.29, 0.717) is 6.42 Å². The molecule has 2 rings (SSSR count). The molecule has 0 atom stereocenters. The molecule has 2 aromatic heterocycles. The molecule has 0 saturated heterocycles. The predicted octanol–water partition coefficient (Wildman–Crippen LogP) is 4.00. The van der Waals surface area contributed by atoms with E-state index in [1.54, 1.807) is 11.3 Å². The van der Waals surface area contributed by atoms with Crippen molar-refractivity contribution >= 4 is 22.4 Å². The molecule has 6 heteroatoms. The Morgan fingerprint density at radius 2 is 2.13 bits per heavy atom. The summed E-state index contributed by atoms with van der Waals surface area (Å²) in [6.45, 7) is 5.26. The van der Waals surface area contributed by atoms with Crippen molar-refractivity contribution in [1.82, 2.24) is 9.55 Å². The van der Waals surface area contributed by atoms with Gasteiger partial charge in [-0.3, -0.25) is 4.79 Å². The van der Waals surface area contributed by atoms with Crippen LogP contribution in [0.5, 0.6) is 0 Å². The van der Waals surface area contributed by atoms with Gasteiger partial charge in [-0.2, -0.15) is 0 Å². The number of nitrogens with zero attached hydrogens (tertiary/aromatic N) is 2. The number of methoxy groups -OCH3 is 1. The number of rotatable bonds is 8. The van der Waals surface area contributed by atoms with E-state index in [9.17, 15) is 4.79 Å². The molecule has 0 aliphatic rings. The van der Waals surface area contributed by atoms with Crippen LogP contribution < -0.4 is 5.32 Å². The fourth-order valence-electron chi connectivity index (χ4n) is 2.73. The van der Waals surface area contributed by atoms with Crippen molar-refractivity contribution in [2.75, 3.05) is 19.5 Å². The molecule has 0 aliphatic carbocycles. The summed E-state index contributed by atoms with van der Waals surface area (Å²) < 4.78 is 7.00. The Morgan fingerprint density at radius 3 is 2.78 bits per heavy atom. The van der Waals surface area contributed by atoms with E-state index in [-0.39, 0.29) is 5.97 Å². The monoisotopic (exact) mass is 335 g/mol. The lowest BCUT2D eigenvalue weighted by Crippen LogP contribution is -2.04. The molecule has 0 unspecified atom stereocenters. The van der Waals surface area contributed by atoms with E-state index in [1.165, 1.54) is 24.1 Å². The lowest BCUT2D eigenvalue weighted by molar-refractivity contribution is -0.140. The Morgan fingerprint density at radius 1 is 1.35 bits per heavy atom. The highest BCUT2D eigenvalue weighted by Crippen LogP contribution is 2.30. The van der Waals surface area contributed by atoms with Crippen LogP contribution in [-0.2, 0) is 16.1 Å². The molecule has 1 N–H and O–H groups in total. The summed E-state index contributed by atoms with van der Waals surface area (Å²) in [4.78, 5) is 15.7. The minimum atomic E-state index is -0.121. The Hall–Kier alpha value is -1.82. The van der Waals surface area contributed by atoms with E-state index in [0.717, 1.165) is 36.6 Å². The summed E-state index contributed by atoms with van der Waals surface area (Å²) in [5, 5.41) is 6.11. The number of nitrogens with one attached hydrogen (secondary N) is 1. The second-order valence-corrected chi connectivity index (χ2v) is 6.47. The van der Waals surface area contributed by atoms with Crippen LogP contribution in [0.1, 0.15) is 37.1 Å². The molecular weight excluding hydrogens is 310 g/mol. The van der Waals surface area contributed by atoms with Crippen LogP contribution in [0.25, 0.3) is 11.3 Å². The maximum Gasteiger partial charge on any atom is 0.305 e. The number of aryl methyl sites for hydroxylation is 1. The third-order valence-corrected chi connectivity index (χ3v) is 4.92. The van der Waals surface area contributed by atoms with Gasteiger partial charge in [0, 0.05) is 42.3 Å². The SMILES string of the molecule is CNc1nc(-c2cc(C)n(CCCCCC(=O)OC)c2C)cs1. The fraction of sp³-hybridized carbons (Fsp3) is 0.529. The minimum absolute atomic E-state index is 0.121. The normalized spacial score (nSPS) is 10.8. The summed E-state index contributed by atoms with van der Waals surface area (Å²) in [6, 6.07) is 2.21. The van der Waals surface area contributed by atoms with Gasteiger partial charge < -0.3 is 14.6 Å². The predicted molar refractivity (Wildman–Crippen MR) is 95.0 cm³/mol. The van der Waals surface area contributed by atoms with Gasteiger partial charge >= 0.3 is 5.97 Å². The number of ether oxygens (including phenoxy) is 1. The summed E-state index contributed by atoms with van der Waals surface area (Å²) in [5.74, 6) is -0.121. The van der Waals surface area contributed by atoms with Gasteiger partial charge in [-0.25, -0.2) is 4.98 Å². The van der Waals surface area contributed by atoms with Gasteiger partial charge in [0.15, 0.2) is 5.13 Å². The molecular formula is C17H25N3O2S. The van der Waals surface area contributed by atoms with Gasteiger partial charge in [-0.05, 0) is 32.8 Å². The molecule has 2 aromatic rings. The van der Waals surface area contributed by atoms with E-state index >= 15 is 0 Å². The van der Waals surface area contributed by atoms with Gasteiger partial charge in [-0.1, -0.05) is 6.42 Å². The fourth-order valence-corrected chi connectivity index (χ4v) is 3.41. The zero-order valence-electron chi connectivity index (χ0n) is 14.3. The second-order valence-electron chi connectivity index (χ2n) is 5.61. The minimum Gasteiger partial charge on any atom is -0.469 e. The number of esters is 1. The molecule has 126 valence electrons. The molecule has 2 heterocycles. The Labute approximate surface area is 141 Å². The molecule has 5 nitrogen and oxygen atoms in total. The summed E-state index contributed by atoms with van der Waals surface area (Å²) in [7, 11) is 3.33. The van der Waals surface area contributed by atoms with Gasteiger partial charge in [-0.15, -0.1) is 11.3 Å². The van der Waals surface area contributed by atoms with Crippen LogP contribution in [0.3, 0.4) is 0 Å². The van der Waals surface area contributed by atoms with Gasteiger partial charge in [0.1, 0.15) is 0 Å². The highest BCUT2D eigenvalue weighted by Gasteiger charge is 2.13. The third-order valence-electron chi connectivity index (χ3n) is 4.06. The van der Waals surface area contributed by atoms with Crippen molar-refractivity contribution in [3.05, 3.63) is 22.8 Å². The zero-order valence-corrected chi connectivity index (χ0v) is 15.1. The summed E-state index contributed by atoms with van der Waals surface area (Å²) >= 11 is 1.62. The first-order chi connectivity index (χ1) is 11.1. The number of anilines is 1. The van der Waals surface area contributed by atoms with Gasteiger partial charge in [0.2, 0.25) is 0 Å². The Bertz CT molecular complexity index is 661. The highest BCUT2D eigenvalue weighted by molar-refractivity contribution is 7.14. The average molecular weight is 335 g/mol. The average Bonchev–Trinajstić information content (AvgIpc) is 3.13. The summed E-state index contributed by atoms with van der Waals surface area (Å²) in [6.07, 6.45) is 3.49. The third kappa shape index (κ3) is 4.34. The van der Waals surface area contributed by atoms with Crippen LogP contribution in [-0.4, -0.2) is 29.7 Å². The van der Waals surface area contributed by atoms with E-state index in [1.807, 2.05) is 7.05 Å². The molecule has 0 fully saturated rings. The molecule has 23 heavy (non-hydrogen) atoms. The van der Waals surface area contributed by atoms with E-state index in [2.05, 4.69) is 44.9 Å². The standard InChI is InChI=1S/C17H25N3O2S/c1-12-10-14(15-11-23-17(18-3)19-15)13(2)20(12)9-7-5-6-8-16(21)22-4/h10-11H,5-9H2,1-4H3,(H,18,19). The number of carbonyl (C=O) groups excluding carboxylic acids is 1. The van der Waals surface area contributed by atoms with Crippen LogP contribution in [0, 0.1) is 13.8 Å². The molecule has 0 amide bonds. The highest BCUT2D eigenvalue weighted by atomic mass is 32.1. The number of aromatic nitrogens is 2. The zero-order chi connectivity index (χ0) is 16.8. The number of thiazole rings is 1. The lowest BCUT2D eigenvalue weighted by Gasteiger charge is -2.09. The van der Waals surface area contributed by atoms with E-state index in [4.69, 9.17) is 0 Å². The molecule has 0 aromatic carbocycles. The van der Waals surface area contributed by atoms with Crippen LogP contribution in [0.2, 0.25) is 0 Å². The van der Waals surface area contributed by atoms with Crippen molar-refractivity contribution < 1.29 is 9.53 Å². The van der Waals surface area contributed by atoms with Crippen LogP contribution in [0.4, 0.5) is 5.13 Å². The molecule has 0 spiro atoms. The lowest BCUT2D eigenvalue weighted by atomic mass is 10.2. The maximum atomic E-state index is 11.1. The van der Waals surface area contributed by atoms with Crippen molar-refractivity contribution in [3.8, 4) is 11.3 Å². The quantitative estimate of drug-likeness (QED) is 0.585. The number of hydrogen-bond acceptors (Lipinski definition) is 5. The summed E-state index contributed by atoms with van der Waals surface area (Å²) in [5.41, 5.74) is 4.74. The smallest absolute Gasteiger partial charge is 0.305 e. The first-order valence-corrected chi connectivity index (χ1v) is 8.82. The Kier molecular flexibility index (Phi) is 6.21. The van der Waals surface area contributed by atoms with Crippen LogP contribution >= 0.6 is 11.3 Å². The molecule has 0 aliphatic heterocycles. The first-order valence-electron chi connectivity index (χ1n) is 7.94. The number of hydrogen-bond donors (Lipinski definition) is 1. The van der Waals surface area contributed by atoms with Crippen molar-refractivity contribution in [1.29, 1.82) is 0 Å².